The lowest BCUT2D eigenvalue weighted by Crippen LogP contribution is -2.35. The number of hydrogen-bond acceptors (Lipinski definition) is 4. The quantitative estimate of drug-likeness (QED) is 0.731. The molecule has 1 atom stereocenters. The fraction of sp³-hybridized carbons (Fsp3) is 0.533. The monoisotopic (exact) mass is 261 g/mol. The Morgan fingerprint density at radius 1 is 1.32 bits per heavy atom. The van der Waals surface area contributed by atoms with Crippen molar-refractivity contribution in [2.24, 2.45) is 0 Å². The predicted molar refractivity (Wildman–Crippen MR) is 76.8 cm³/mol. The van der Waals surface area contributed by atoms with Crippen LogP contribution in [0.1, 0.15) is 31.1 Å². The van der Waals surface area contributed by atoms with Gasteiger partial charge in [0.15, 0.2) is 0 Å². The van der Waals surface area contributed by atoms with Gasteiger partial charge in [0.1, 0.15) is 0 Å². The Bertz CT molecular complexity index is 408. The van der Waals surface area contributed by atoms with Crippen molar-refractivity contribution < 1.29 is 5.11 Å². The van der Waals surface area contributed by atoms with E-state index in [4.69, 9.17) is 5.26 Å². The number of nitriles is 1. The first-order chi connectivity index (χ1) is 9.04. The first kappa shape index (κ1) is 15.6. The second-order valence-electron chi connectivity index (χ2n) is 5.03. The van der Waals surface area contributed by atoms with Gasteiger partial charge in [0.2, 0.25) is 0 Å². The summed E-state index contributed by atoms with van der Waals surface area (Å²) in [5.41, 5.74) is 1.45. The summed E-state index contributed by atoms with van der Waals surface area (Å²) in [4.78, 5) is 2.25. The van der Waals surface area contributed by atoms with Gasteiger partial charge in [-0.05, 0) is 38.6 Å². The molecule has 0 bridgehead atoms. The van der Waals surface area contributed by atoms with Crippen LogP contribution in [0.3, 0.4) is 0 Å². The van der Waals surface area contributed by atoms with Crippen molar-refractivity contribution in [3.63, 3.8) is 0 Å². The third-order valence-electron chi connectivity index (χ3n) is 3.29. The summed E-state index contributed by atoms with van der Waals surface area (Å²) in [6.45, 7) is 6.65. The number of nitrogens with zero attached hydrogens (tertiary/aromatic N) is 2. The molecule has 4 heteroatoms. The van der Waals surface area contributed by atoms with Gasteiger partial charge in [0.25, 0.3) is 0 Å². The zero-order chi connectivity index (χ0) is 14.3. The van der Waals surface area contributed by atoms with Gasteiger partial charge in [-0.15, -0.1) is 0 Å². The maximum atomic E-state index is 10.00. The highest BCUT2D eigenvalue weighted by molar-refractivity contribution is 5.32. The Labute approximate surface area is 115 Å². The van der Waals surface area contributed by atoms with E-state index in [1.165, 1.54) is 0 Å². The first-order valence-electron chi connectivity index (χ1n) is 6.63. The van der Waals surface area contributed by atoms with Crippen molar-refractivity contribution in [1.29, 1.82) is 5.26 Å². The lowest BCUT2D eigenvalue weighted by molar-refractivity contribution is 0.172. The summed E-state index contributed by atoms with van der Waals surface area (Å²) in [7, 11) is 2.09. The molecule has 0 aliphatic rings. The van der Waals surface area contributed by atoms with Crippen LogP contribution in [0.25, 0.3) is 0 Å². The van der Waals surface area contributed by atoms with Gasteiger partial charge < -0.3 is 15.3 Å². The molecule has 19 heavy (non-hydrogen) atoms. The van der Waals surface area contributed by atoms with E-state index in [1.54, 1.807) is 24.3 Å². The average molecular weight is 261 g/mol. The Kier molecular flexibility index (Phi) is 6.51. The van der Waals surface area contributed by atoms with Gasteiger partial charge in [0, 0.05) is 25.7 Å². The van der Waals surface area contributed by atoms with Gasteiger partial charge in [-0.1, -0.05) is 12.1 Å². The number of aliphatic hydroxyl groups excluding tert-OH is 1. The maximum Gasteiger partial charge on any atom is 0.0991 e. The van der Waals surface area contributed by atoms with Crippen LogP contribution in [0.2, 0.25) is 0 Å². The number of hydrogen-bond donors (Lipinski definition) is 2. The van der Waals surface area contributed by atoms with Gasteiger partial charge in [0.05, 0.1) is 17.7 Å². The Morgan fingerprint density at radius 2 is 1.95 bits per heavy atom. The molecule has 0 saturated heterocycles. The fourth-order valence-corrected chi connectivity index (χ4v) is 1.65. The molecule has 0 aliphatic heterocycles. The summed E-state index contributed by atoms with van der Waals surface area (Å²) in [5.74, 6) is 0. The summed E-state index contributed by atoms with van der Waals surface area (Å²) in [5, 5.41) is 21.9. The molecule has 1 aromatic rings. The van der Waals surface area contributed by atoms with Crippen LogP contribution in [0.5, 0.6) is 0 Å². The van der Waals surface area contributed by atoms with Gasteiger partial charge in [-0.2, -0.15) is 5.26 Å². The predicted octanol–water partition coefficient (Wildman–Crippen LogP) is 1.52. The molecule has 4 nitrogen and oxygen atoms in total. The fourth-order valence-electron chi connectivity index (χ4n) is 1.65. The Morgan fingerprint density at radius 3 is 2.47 bits per heavy atom. The molecular formula is C15H23N3O. The highest BCUT2D eigenvalue weighted by Crippen LogP contribution is 2.12. The maximum absolute atomic E-state index is 10.00. The highest BCUT2D eigenvalue weighted by Gasteiger charge is 2.07. The summed E-state index contributed by atoms with van der Waals surface area (Å²) >= 11 is 0. The van der Waals surface area contributed by atoms with E-state index in [0.29, 0.717) is 18.2 Å². The third-order valence-corrected chi connectivity index (χ3v) is 3.29. The SMILES string of the molecule is CC(C)N(C)CCNCC(O)c1ccc(C#N)cc1. The van der Waals surface area contributed by atoms with Crippen molar-refractivity contribution in [3.8, 4) is 6.07 Å². The van der Waals surface area contributed by atoms with E-state index in [0.717, 1.165) is 18.7 Å². The minimum absolute atomic E-state index is 0.526. The minimum atomic E-state index is -0.530. The topological polar surface area (TPSA) is 59.3 Å². The van der Waals surface area contributed by atoms with Crippen molar-refractivity contribution in [2.45, 2.75) is 26.0 Å². The second kappa shape index (κ2) is 7.90. The molecule has 0 aromatic heterocycles. The summed E-state index contributed by atoms with van der Waals surface area (Å²) in [6, 6.07) is 9.65. The third kappa shape index (κ3) is 5.39. The van der Waals surface area contributed by atoms with E-state index in [1.807, 2.05) is 0 Å². The molecule has 1 rings (SSSR count). The largest absolute Gasteiger partial charge is 0.387 e. The van der Waals surface area contributed by atoms with Crippen LogP contribution < -0.4 is 5.32 Å². The number of rotatable bonds is 7. The summed E-state index contributed by atoms with van der Waals surface area (Å²) in [6.07, 6.45) is -0.530. The molecule has 0 amide bonds. The van der Waals surface area contributed by atoms with Gasteiger partial charge >= 0.3 is 0 Å². The lowest BCUT2D eigenvalue weighted by Gasteiger charge is -2.21. The van der Waals surface area contributed by atoms with Crippen LogP contribution in [0.15, 0.2) is 24.3 Å². The van der Waals surface area contributed by atoms with E-state index in [-0.39, 0.29) is 0 Å². The van der Waals surface area contributed by atoms with E-state index in [2.05, 4.69) is 37.2 Å². The Hall–Kier alpha value is -1.41. The molecule has 0 spiro atoms. The molecule has 0 heterocycles. The van der Waals surface area contributed by atoms with E-state index >= 15 is 0 Å². The molecule has 0 radical (unpaired) electrons. The van der Waals surface area contributed by atoms with E-state index in [9.17, 15) is 5.11 Å². The smallest absolute Gasteiger partial charge is 0.0991 e. The molecule has 1 unspecified atom stereocenters. The molecule has 0 saturated carbocycles. The number of likely N-dealkylation sites (N-methyl/N-ethyl adjacent to an activating group) is 1. The van der Waals surface area contributed by atoms with Crippen LogP contribution in [-0.2, 0) is 0 Å². The van der Waals surface area contributed by atoms with Crippen molar-refractivity contribution in [2.75, 3.05) is 26.7 Å². The molecule has 0 aliphatic carbocycles. The molecule has 1 aromatic carbocycles. The molecule has 104 valence electrons. The summed E-state index contributed by atoms with van der Waals surface area (Å²) < 4.78 is 0. The van der Waals surface area contributed by atoms with Crippen molar-refractivity contribution in [3.05, 3.63) is 35.4 Å². The zero-order valence-electron chi connectivity index (χ0n) is 11.9. The first-order valence-corrected chi connectivity index (χ1v) is 6.63. The lowest BCUT2D eigenvalue weighted by atomic mass is 10.1. The Balaban J connectivity index is 2.31. The molecular weight excluding hydrogens is 238 g/mol. The van der Waals surface area contributed by atoms with Crippen molar-refractivity contribution in [1.82, 2.24) is 10.2 Å². The van der Waals surface area contributed by atoms with Crippen LogP contribution >= 0.6 is 0 Å². The van der Waals surface area contributed by atoms with Gasteiger partial charge in [-0.3, -0.25) is 0 Å². The van der Waals surface area contributed by atoms with Crippen LogP contribution in [-0.4, -0.2) is 42.7 Å². The zero-order valence-corrected chi connectivity index (χ0v) is 11.9. The van der Waals surface area contributed by atoms with Crippen LogP contribution in [0.4, 0.5) is 0 Å². The normalized spacial score (nSPS) is 12.7. The standard InChI is InChI=1S/C15H23N3O/c1-12(2)18(3)9-8-17-11-15(19)14-6-4-13(10-16)5-7-14/h4-7,12,15,17,19H,8-9,11H2,1-3H3. The van der Waals surface area contributed by atoms with Gasteiger partial charge in [-0.25, -0.2) is 0 Å². The minimum Gasteiger partial charge on any atom is -0.387 e. The average Bonchev–Trinajstić information content (AvgIpc) is 2.43. The second-order valence-corrected chi connectivity index (χ2v) is 5.03. The number of nitrogens with one attached hydrogen (secondary N) is 1. The van der Waals surface area contributed by atoms with Crippen LogP contribution in [0, 0.1) is 11.3 Å². The van der Waals surface area contributed by atoms with Crippen molar-refractivity contribution >= 4 is 0 Å². The van der Waals surface area contributed by atoms with E-state index < -0.39 is 6.10 Å². The number of benzene rings is 1. The number of aliphatic hydroxyl groups is 1. The molecule has 2 N–H and O–H groups in total. The highest BCUT2D eigenvalue weighted by atomic mass is 16.3. The molecule has 0 fully saturated rings.